The van der Waals surface area contributed by atoms with Crippen LogP contribution in [0.15, 0.2) is 41.4 Å². The van der Waals surface area contributed by atoms with Crippen LogP contribution in [0.2, 0.25) is 0 Å². The van der Waals surface area contributed by atoms with Gasteiger partial charge in [0.25, 0.3) is 5.91 Å². The third-order valence-corrected chi connectivity index (χ3v) is 10.0. The number of amides is 1. The molecule has 5 aliphatic rings. The predicted molar refractivity (Wildman–Crippen MR) is 140 cm³/mol. The third-order valence-electron chi connectivity index (χ3n) is 8.90. The van der Waals surface area contributed by atoms with Gasteiger partial charge >= 0.3 is 0 Å². The molecule has 1 aliphatic heterocycles. The Morgan fingerprint density at radius 2 is 1.84 bits per heavy atom. The Bertz CT molecular complexity index is 1300. The van der Waals surface area contributed by atoms with Crippen LogP contribution >= 0.6 is 0 Å². The molecule has 4 aliphatic carbocycles. The van der Waals surface area contributed by atoms with Crippen LogP contribution in [0.3, 0.4) is 0 Å². The zero-order valence-electron chi connectivity index (χ0n) is 21.4. The van der Waals surface area contributed by atoms with E-state index < -0.39 is 15.4 Å². The van der Waals surface area contributed by atoms with Crippen LogP contribution in [0.1, 0.15) is 49.5 Å². The first-order chi connectivity index (χ1) is 17.6. The van der Waals surface area contributed by atoms with Gasteiger partial charge in [-0.1, -0.05) is 12.1 Å². The molecule has 2 aromatic rings. The second-order valence-electron chi connectivity index (χ2n) is 11.7. The molecule has 2 N–H and O–H groups in total. The Labute approximate surface area is 218 Å². The van der Waals surface area contributed by atoms with Crippen molar-refractivity contribution in [2.45, 2.75) is 61.6 Å². The molecule has 5 fully saturated rings. The molecule has 4 bridgehead atoms. The highest BCUT2D eigenvalue weighted by Crippen LogP contribution is 2.55. The van der Waals surface area contributed by atoms with Gasteiger partial charge in [-0.2, -0.15) is 0 Å². The number of nitrogens with one attached hydrogen (secondary N) is 1. The van der Waals surface area contributed by atoms with Crippen LogP contribution < -0.4 is 15.1 Å². The highest BCUT2D eigenvalue weighted by molar-refractivity contribution is 7.90. The molecule has 0 radical (unpaired) electrons. The lowest BCUT2D eigenvalue weighted by molar-refractivity contribution is -0.136. The number of aliphatic hydroxyl groups is 1. The molecule has 1 aromatic heterocycles. The largest absolute Gasteiger partial charge is 0.390 e. The number of carbonyl (C=O) groups is 1. The lowest BCUT2D eigenvalue weighted by atomic mass is 9.52. The molecule has 0 spiro atoms. The number of hydrogen-bond donors (Lipinski definition) is 2. The van der Waals surface area contributed by atoms with Gasteiger partial charge in [0, 0.05) is 44.2 Å². The van der Waals surface area contributed by atoms with Crippen molar-refractivity contribution in [1.29, 1.82) is 0 Å². The molecular weight excluding hydrogens is 490 g/mol. The standard InChI is InChI=1S/C27H35N5O4S/c1-17-16-31(22-5-3-4-6-23(22)37(2,35)36)9-10-32(17)26-28-8-7-21(29-26)25(33)30-24-19-11-18-12-20(24)15-27(34,13-18)14-19/h3-8,17-20,24,34H,9-16H2,1-2H3,(H,30,33)/t17-,18?,19?,20?,24?,27?/m1/s1. The molecule has 9 nitrogen and oxygen atoms in total. The topological polar surface area (TPSA) is 116 Å². The molecular formula is C27H35N5O4S. The maximum absolute atomic E-state index is 13.3. The van der Waals surface area contributed by atoms with Crippen LogP contribution in [0.4, 0.5) is 11.6 Å². The Balaban J connectivity index is 1.15. The van der Waals surface area contributed by atoms with E-state index in [0.29, 0.717) is 59.6 Å². The van der Waals surface area contributed by atoms with Crippen molar-refractivity contribution in [2.24, 2.45) is 17.8 Å². The maximum Gasteiger partial charge on any atom is 0.270 e. The highest BCUT2D eigenvalue weighted by Gasteiger charge is 2.55. The Morgan fingerprint density at radius 1 is 1.11 bits per heavy atom. The molecule has 1 aromatic carbocycles. The highest BCUT2D eigenvalue weighted by atomic mass is 32.2. The van der Waals surface area contributed by atoms with Crippen molar-refractivity contribution in [3.05, 3.63) is 42.2 Å². The van der Waals surface area contributed by atoms with E-state index >= 15 is 0 Å². The van der Waals surface area contributed by atoms with Gasteiger partial charge in [-0.3, -0.25) is 4.79 Å². The average Bonchev–Trinajstić information content (AvgIpc) is 2.84. The summed E-state index contributed by atoms with van der Waals surface area (Å²) in [6.45, 7) is 3.90. The molecule has 7 rings (SSSR count). The molecule has 198 valence electrons. The van der Waals surface area contributed by atoms with Crippen LogP contribution in [0, 0.1) is 17.8 Å². The molecule has 1 amide bonds. The summed E-state index contributed by atoms with van der Waals surface area (Å²) in [5.41, 5.74) is 0.542. The second kappa shape index (κ2) is 8.94. The lowest BCUT2D eigenvalue weighted by Gasteiger charge is -2.58. The fourth-order valence-corrected chi connectivity index (χ4v) is 8.46. The minimum atomic E-state index is -3.34. The van der Waals surface area contributed by atoms with Crippen molar-refractivity contribution in [3.8, 4) is 0 Å². The number of piperazine rings is 1. The summed E-state index contributed by atoms with van der Waals surface area (Å²) in [5, 5.41) is 14.1. The van der Waals surface area contributed by atoms with Gasteiger partial charge in [-0.05, 0) is 75.0 Å². The van der Waals surface area contributed by atoms with Gasteiger partial charge in [0.05, 0.1) is 16.2 Å². The second-order valence-corrected chi connectivity index (χ2v) is 13.6. The molecule has 10 heteroatoms. The first-order valence-corrected chi connectivity index (χ1v) is 15.2. The number of hydrogen-bond acceptors (Lipinski definition) is 8. The fraction of sp³-hybridized carbons (Fsp3) is 0.593. The molecule has 4 saturated carbocycles. The SMILES string of the molecule is C[C@@H]1CN(c2ccccc2S(C)(=O)=O)CCN1c1nccc(C(=O)NC2C3CC4CC2CC(O)(C4)C3)n1. The van der Waals surface area contributed by atoms with Crippen LogP contribution in [0.5, 0.6) is 0 Å². The Kier molecular flexibility index (Phi) is 5.95. The summed E-state index contributed by atoms with van der Waals surface area (Å²) in [4.78, 5) is 26.9. The van der Waals surface area contributed by atoms with E-state index in [2.05, 4.69) is 32.0 Å². The van der Waals surface area contributed by atoms with E-state index in [1.54, 1.807) is 24.4 Å². The summed E-state index contributed by atoms with van der Waals surface area (Å²) in [7, 11) is -3.34. The number of para-hydroxylation sites is 1. The van der Waals surface area contributed by atoms with E-state index in [4.69, 9.17) is 0 Å². The number of carbonyl (C=O) groups excluding carboxylic acids is 1. The molecule has 37 heavy (non-hydrogen) atoms. The summed E-state index contributed by atoms with van der Waals surface area (Å²) < 4.78 is 24.6. The van der Waals surface area contributed by atoms with Crippen LogP contribution in [-0.2, 0) is 9.84 Å². The third kappa shape index (κ3) is 4.58. The first kappa shape index (κ1) is 24.6. The number of aromatic nitrogens is 2. The summed E-state index contributed by atoms with van der Waals surface area (Å²) in [6, 6.07) is 8.88. The molecule has 2 heterocycles. The molecule has 3 atom stereocenters. The fourth-order valence-electron chi connectivity index (χ4n) is 7.56. The summed E-state index contributed by atoms with van der Waals surface area (Å²) in [6.07, 6.45) is 7.53. The van der Waals surface area contributed by atoms with Gasteiger partial charge in [-0.25, -0.2) is 18.4 Å². The van der Waals surface area contributed by atoms with E-state index in [1.807, 2.05) is 12.1 Å². The van der Waals surface area contributed by atoms with E-state index in [9.17, 15) is 18.3 Å². The average molecular weight is 526 g/mol. The zero-order chi connectivity index (χ0) is 25.9. The van der Waals surface area contributed by atoms with Gasteiger partial charge in [0.1, 0.15) is 5.69 Å². The van der Waals surface area contributed by atoms with Crippen LogP contribution in [0.25, 0.3) is 0 Å². The van der Waals surface area contributed by atoms with Crippen LogP contribution in [-0.4, -0.2) is 73.0 Å². The smallest absolute Gasteiger partial charge is 0.270 e. The number of nitrogens with zero attached hydrogens (tertiary/aromatic N) is 4. The minimum Gasteiger partial charge on any atom is -0.390 e. The predicted octanol–water partition coefficient (Wildman–Crippen LogP) is 2.26. The molecule has 1 saturated heterocycles. The Hall–Kier alpha value is -2.72. The summed E-state index contributed by atoms with van der Waals surface area (Å²) >= 11 is 0. The zero-order valence-corrected chi connectivity index (χ0v) is 22.2. The maximum atomic E-state index is 13.3. The number of benzene rings is 1. The van der Waals surface area contributed by atoms with E-state index in [1.165, 1.54) is 6.26 Å². The summed E-state index contributed by atoms with van der Waals surface area (Å²) in [5.74, 6) is 1.59. The minimum absolute atomic E-state index is 0.0184. The number of sulfone groups is 1. The van der Waals surface area contributed by atoms with E-state index in [0.717, 1.165) is 32.1 Å². The van der Waals surface area contributed by atoms with Crippen molar-refractivity contribution in [2.75, 3.05) is 35.7 Å². The first-order valence-electron chi connectivity index (χ1n) is 13.3. The quantitative estimate of drug-likeness (QED) is 0.611. The van der Waals surface area contributed by atoms with Gasteiger partial charge < -0.3 is 20.2 Å². The normalized spacial score (nSPS) is 33.0. The van der Waals surface area contributed by atoms with Gasteiger partial charge in [-0.15, -0.1) is 0 Å². The lowest BCUT2D eigenvalue weighted by Crippen LogP contribution is -2.61. The van der Waals surface area contributed by atoms with Gasteiger partial charge in [0.15, 0.2) is 9.84 Å². The van der Waals surface area contributed by atoms with Crippen molar-refractivity contribution >= 4 is 27.4 Å². The van der Waals surface area contributed by atoms with E-state index in [-0.39, 0.29) is 18.0 Å². The van der Waals surface area contributed by atoms with Crippen molar-refractivity contribution < 1.29 is 18.3 Å². The van der Waals surface area contributed by atoms with Crippen molar-refractivity contribution in [1.82, 2.24) is 15.3 Å². The number of anilines is 2. The molecule has 2 unspecified atom stereocenters. The van der Waals surface area contributed by atoms with Crippen molar-refractivity contribution in [3.63, 3.8) is 0 Å². The Morgan fingerprint density at radius 3 is 2.51 bits per heavy atom. The monoisotopic (exact) mass is 525 g/mol. The van der Waals surface area contributed by atoms with Gasteiger partial charge in [0.2, 0.25) is 5.95 Å². The number of rotatable bonds is 5.